The Labute approximate surface area is 112 Å². The van der Waals surface area contributed by atoms with Crippen molar-refractivity contribution in [3.8, 4) is 5.75 Å². The predicted octanol–water partition coefficient (Wildman–Crippen LogP) is 1.67. The van der Waals surface area contributed by atoms with Gasteiger partial charge in [-0.15, -0.1) is 11.8 Å². The zero-order valence-corrected chi connectivity index (χ0v) is 11.5. The van der Waals surface area contributed by atoms with Gasteiger partial charge in [-0.2, -0.15) is 0 Å². The van der Waals surface area contributed by atoms with Crippen LogP contribution < -0.4 is 10.1 Å². The molecule has 0 bridgehead atoms. The fourth-order valence-electron chi connectivity index (χ4n) is 1.37. The monoisotopic (exact) mass is 269 g/mol. The highest BCUT2D eigenvalue weighted by Gasteiger charge is 2.09. The van der Waals surface area contributed by atoms with E-state index in [1.807, 2.05) is 31.2 Å². The number of aliphatic hydroxyl groups excluding tert-OH is 1. The van der Waals surface area contributed by atoms with E-state index >= 15 is 0 Å². The summed E-state index contributed by atoms with van der Waals surface area (Å²) in [5.74, 6) is 1.09. The van der Waals surface area contributed by atoms with Gasteiger partial charge < -0.3 is 15.2 Å². The molecule has 0 heterocycles. The van der Waals surface area contributed by atoms with Crippen molar-refractivity contribution < 1.29 is 14.6 Å². The highest BCUT2D eigenvalue weighted by atomic mass is 32.2. The molecule has 1 aromatic carbocycles. The minimum absolute atomic E-state index is 0.0184. The summed E-state index contributed by atoms with van der Waals surface area (Å²) in [5, 5.41) is 11.8. The van der Waals surface area contributed by atoms with Crippen LogP contribution in [0.2, 0.25) is 0 Å². The minimum atomic E-state index is -0.144. The molecule has 0 aliphatic rings. The third-order valence-electron chi connectivity index (χ3n) is 2.51. The molecule has 0 fully saturated rings. The van der Waals surface area contributed by atoms with Crippen LogP contribution in [0.3, 0.4) is 0 Å². The first-order valence-corrected chi connectivity index (χ1v) is 6.85. The summed E-state index contributed by atoms with van der Waals surface area (Å²) in [5.41, 5.74) is 0. The van der Waals surface area contributed by atoms with Gasteiger partial charge in [-0.25, -0.2) is 0 Å². The van der Waals surface area contributed by atoms with Gasteiger partial charge in [-0.1, -0.05) is 6.92 Å². The molecule has 5 heteroatoms. The van der Waals surface area contributed by atoms with Crippen molar-refractivity contribution in [2.45, 2.75) is 24.3 Å². The second-order valence-corrected chi connectivity index (χ2v) is 4.87. The van der Waals surface area contributed by atoms with Crippen molar-refractivity contribution in [2.24, 2.45) is 0 Å². The van der Waals surface area contributed by atoms with Crippen molar-refractivity contribution in [1.29, 1.82) is 0 Å². The summed E-state index contributed by atoms with van der Waals surface area (Å²) in [6, 6.07) is 7.42. The molecule has 0 aliphatic heterocycles. The van der Waals surface area contributed by atoms with E-state index in [0.717, 1.165) is 17.1 Å². The maximum absolute atomic E-state index is 11.6. The summed E-state index contributed by atoms with van der Waals surface area (Å²) in [4.78, 5) is 12.6. The Balaban J connectivity index is 2.37. The van der Waals surface area contributed by atoms with Gasteiger partial charge in [0.25, 0.3) is 0 Å². The lowest BCUT2D eigenvalue weighted by Crippen LogP contribution is -2.37. The average molecular weight is 269 g/mol. The average Bonchev–Trinajstić information content (AvgIpc) is 2.43. The number of amides is 1. The first-order chi connectivity index (χ1) is 8.69. The third kappa shape index (κ3) is 4.98. The van der Waals surface area contributed by atoms with Gasteiger partial charge >= 0.3 is 0 Å². The van der Waals surface area contributed by atoms with Crippen molar-refractivity contribution >= 4 is 17.7 Å². The number of methoxy groups -OCH3 is 1. The lowest BCUT2D eigenvalue weighted by atomic mass is 10.2. The quantitative estimate of drug-likeness (QED) is 0.739. The second kappa shape index (κ2) is 8.00. The number of ether oxygens (including phenoxy) is 1. The number of carbonyl (C=O) groups excluding carboxylic acids is 1. The number of benzene rings is 1. The Morgan fingerprint density at radius 3 is 2.61 bits per heavy atom. The van der Waals surface area contributed by atoms with Gasteiger partial charge in [0.2, 0.25) is 5.91 Å². The first kappa shape index (κ1) is 14.9. The molecule has 18 heavy (non-hydrogen) atoms. The van der Waals surface area contributed by atoms with Crippen LogP contribution in [0.1, 0.15) is 13.3 Å². The van der Waals surface area contributed by atoms with Crippen LogP contribution in [0, 0.1) is 0 Å². The van der Waals surface area contributed by atoms with Crippen LogP contribution >= 0.6 is 11.8 Å². The van der Waals surface area contributed by atoms with Crippen LogP contribution in [0.5, 0.6) is 5.75 Å². The van der Waals surface area contributed by atoms with E-state index in [-0.39, 0.29) is 18.6 Å². The van der Waals surface area contributed by atoms with Crippen molar-refractivity contribution in [3.63, 3.8) is 0 Å². The number of hydrogen-bond donors (Lipinski definition) is 2. The topological polar surface area (TPSA) is 58.6 Å². The van der Waals surface area contributed by atoms with Crippen molar-refractivity contribution in [1.82, 2.24) is 5.32 Å². The molecule has 0 saturated heterocycles. The normalized spacial score (nSPS) is 11.9. The van der Waals surface area contributed by atoms with Gasteiger partial charge in [-0.05, 0) is 30.7 Å². The third-order valence-corrected chi connectivity index (χ3v) is 3.52. The number of rotatable bonds is 7. The largest absolute Gasteiger partial charge is 0.497 e. The van der Waals surface area contributed by atoms with Crippen LogP contribution in [0.4, 0.5) is 0 Å². The fraction of sp³-hybridized carbons (Fsp3) is 0.462. The van der Waals surface area contributed by atoms with Crippen LogP contribution in [0.25, 0.3) is 0 Å². The molecule has 1 amide bonds. The van der Waals surface area contributed by atoms with Crippen LogP contribution in [-0.2, 0) is 4.79 Å². The molecule has 0 unspecified atom stereocenters. The van der Waals surface area contributed by atoms with E-state index in [1.165, 1.54) is 11.8 Å². The second-order valence-electron chi connectivity index (χ2n) is 3.82. The van der Waals surface area contributed by atoms with Gasteiger partial charge in [-0.3, -0.25) is 4.79 Å². The standard InChI is InChI=1S/C13H19NO3S/c1-3-10(8-15)14-13(16)9-18-12-6-4-11(17-2)5-7-12/h4-7,10,15H,3,8-9H2,1-2H3,(H,14,16)/t10-/m1/s1. The summed E-state index contributed by atoms with van der Waals surface area (Å²) in [6.07, 6.45) is 0.732. The summed E-state index contributed by atoms with van der Waals surface area (Å²) in [7, 11) is 1.62. The molecular formula is C13H19NO3S. The molecule has 0 radical (unpaired) electrons. The predicted molar refractivity (Wildman–Crippen MR) is 73.0 cm³/mol. The molecule has 2 N–H and O–H groups in total. The molecular weight excluding hydrogens is 250 g/mol. The Kier molecular flexibility index (Phi) is 6.60. The van der Waals surface area contributed by atoms with E-state index in [4.69, 9.17) is 9.84 Å². The maximum Gasteiger partial charge on any atom is 0.230 e. The van der Waals surface area contributed by atoms with E-state index in [1.54, 1.807) is 7.11 Å². The minimum Gasteiger partial charge on any atom is -0.497 e. The fourth-order valence-corrected chi connectivity index (χ4v) is 2.08. The molecule has 0 spiro atoms. The molecule has 0 aliphatic carbocycles. The molecule has 1 rings (SSSR count). The zero-order valence-electron chi connectivity index (χ0n) is 10.7. The van der Waals surface area contributed by atoms with Crippen molar-refractivity contribution in [2.75, 3.05) is 19.5 Å². The van der Waals surface area contributed by atoms with Crippen molar-refractivity contribution in [3.05, 3.63) is 24.3 Å². The molecule has 4 nitrogen and oxygen atoms in total. The van der Waals surface area contributed by atoms with E-state index in [9.17, 15) is 4.79 Å². The number of thioether (sulfide) groups is 1. The Morgan fingerprint density at radius 1 is 1.44 bits per heavy atom. The van der Waals surface area contributed by atoms with Gasteiger partial charge in [0.1, 0.15) is 5.75 Å². The highest BCUT2D eigenvalue weighted by Crippen LogP contribution is 2.20. The number of nitrogens with one attached hydrogen (secondary N) is 1. The Bertz CT molecular complexity index is 363. The lowest BCUT2D eigenvalue weighted by molar-refractivity contribution is -0.119. The van der Waals surface area contributed by atoms with Gasteiger partial charge in [0.15, 0.2) is 0 Å². The Hall–Kier alpha value is -1.20. The Morgan fingerprint density at radius 2 is 2.11 bits per heavy atom. The molecule has 0 saturated carbocycles. The smallest absolute Gasteiger partial charge is 0.230 e. The zero-order chi connectivity index (χ0) is 13.4. The van der Waals surface area contributed by atoms with E-state index in [0.29, 0.717) is 5.75 Å². The van der Waals surface area contributed by atoms with E-state index in [2.05, 4.69) is 5.32 Å². The van der Waals surface area contributed by atoms with Crippen LogP contribution in [0.15, 0.2) is 29.2 Å². The molecule has 0 aromatic heterocycles. The lowest BCUT2D eigenvalue weighted by Gasteiger charge is -2.13. The van der Waals surface area contributed by atoms with Crippen LogP contribution in [-0.4, -0.2) is 36.5 Å². The van der Waals surface area contributed by atoms with E-state index < -0.39 is 0 Å². The number of hydrogen-bond acceptors (Lipinski definition) is 4. The van der Waals surface area contributed by atoms with Gasteiger partial charge in [0.05, 0.1) is 25.5 Å². The SMILES string of the molecule is CC[C@H](CO)NC(=O)CSc1ccc(OC)cc1. The maximum atomic E-state index is 11.6. The number of aliphatic hydroxyl groups is 1. The number of carbonyl (C=O) groups is 1. The summed E-state index contributed by atoms with van der Waals surface area (Å²) >= 11 is 1.46. The first-order valence-electron chi connectivity index (χ1n) is 5.86. The highest BCUT2D eigenvalue weighted by molar-refractivity contribution is 8.00. The molecule has 1 aromatic rings. The molecule has 1 atom stereocenters. The summed E-state index contributed by atoms with van der Waals surface area (Å²) < 4.78 is 5.06. The molecule has 100 valence electrons. The summed E-state index contributed by atoms with van der Waals surface area (Å²) in [6.45, 7) is 1.91. The van der Waals surface area contributed by atoms with Gasteiger partial charge in [0, 0.05) is 4.90 Å².